The second-order valence-electron chi connectivity index (χ2n) is 6.09. The van der Waals surface area contributed by atoms with Crippen molar-refractivity contribution in [2.75, 3.05) is 0 Å². The van der Waals surface area contributed by atoms with Crippen LogP contribution in [0.5, 0.6) is 0 Å². The fourth-order valence-electron chi connectivity index (χ4n) is 3.10. The van der Waals surface area contributed by atoms with Crippen LogP contribution in [0.15, 0.2) is 89.2 Å². The smallest absolute Gasteiger partial charge is 0.0652 e. The van der Waals surface area contributed by atoms with Crippen molar-refractivity contribution in [2.45, 2.75) is 45.4 Å². The van der Waals surface area contributed by atoms with Crippen LogP contribution in [-0.2, 0) is 0 Å². The Morgan fingerprint density at radius 3 is 2.83 bits per heavy atom. The molecule has 0 fully saturated rings. The average molecular weight is 305 g/mol. The van der Waals surface area contributed by atoms with E-state index < -0.39 is 0 Å². The minimum Gasteiger partial charge on any atom is -0.257 e. The van der Waals surface area contributed by atoms with E-state index in [0.29, 0.717) is 0 Å². The predicted octanol–water partition coefficient (Wildman–Crippen LogP) is 6.41. The minimum absolute atomic E-state index is 0.868. The molecular formula is C22H27N. The van der Waals surface area contributed by atoms with Gasteiger partial charge in [0.15, 0.2) is 0 Å². The predicted molar refractivity (Wildman–Crippen MR) is 103 cm³/mol. The Morgan fingerprint density at radius 2 is 2.09 bits per heavy atom. The summed E-state index contributed by atoms with van der Waals surface area (Å²) in [5, 5.41) is 0. The van der Waals surface area contributed by atoms with Gasteiger partial charge in [-0.2, -0.15) is 0 Å². The third-order valence-electron chi connectivity index (χ3n) is 4.42. The molecule has 0 aliphatic heterocycles. The maximum absolute atomic E-state index is 4.30. The number of nitrogens with zero attached hydrogens (tertiary/aromatic N) is 1. The maximum Gasteiger partial charge on any atom is 0.0652 e. The van der Waals surface area contributed by atoms with Crippen LogP contribution in [0.25, 0.3) is 0 Å². The molecule has 0 heterocycles. The fraction of sp³-hybridized carbons (Fsp3) is 0.318. The second-order valence-corrected chi connectivity index (χ2v) is 6.09. The molecule has 0 bridgehead atoms. The van der Waals surface area contributed by atoms with Gasteiger partial charge < -0.3 is 0 Å². The van der Waals surface area contributed by atoms with Crippen molar-refractivity contribution in [3.8, 4) is 0 Å². The molecular weight excluding hydrogens is 278 g/mol. The van der Waals surface area contributed by atoms with E-state index in [-0.39, 0.29) is 0 Å². The minimum atomic E-state index is 0.868. The number of aliphatic imine (C=N–C) groups is 1. The van der Waals surface area contributed by atoms with Crippen LogP contribution >= 0.6 is 0 Å². The van der Waals surface area contributed by atoms with Gasteiger partial charge >= 0.3 is 0 Å². The Morgan fingerprint density at radius 1 is 1.26 bits per heavy atom. The van der Waals surface area contributed by atoms with Gasteiger partial charge in [0, 0.05) is 6.20 Å². The van der Waals surface area contributed by atoms with Gasteiger partial charge in [-0.05, 0) is 73.8 Å². The molecule has 0 aromatic heterocycles. The molecule has 0 unspecified atom stereocenters. The summed E-state index contributed by atoms with van der Waals surface area (Å²) in [4.78, 5) is 4.29. The number of hydrogen-bond donors (Lipinski definition) is 0. The Hall–Kier alpha value is -2.15. The van der Waals surface area contributed by atoms with Crippen molar-refractivity contribution in [2.24, 2.45) is 4.99 Å². The molecule has 0 amide bonds. The van der Waals surface area contributed by atoms with Gasteiger partial charge in [-0.1, -0.05) is 49.6 Å². The van der Waals surface area contributed by atoms with Crippen LogP contribution in [0.3, 0.4) is 0 Å². The highest BCUT2D eigenvalue weighted by atomic mass is 14.7. The summed E-state index contributed by atoms with van der Waals surface area (Å²) in [7, 11) is 0. The molecule has 0 spiro atoms. The largest absolute Gasteiger partial charge is 0.257 e. The lowest BCUT2D eigenvalue weighted by atomic mass is 9.96. The fourth-order valence-corrected chi connectivity index (χ4v) is 3.10. The van der Waals surface area contributed by atoms with E-state index in [1.165, 1.54) is 36.0 Å². The second kappa shape index (κ2) is 8.47. The lowest BCUT2D eigenvalue weighted by Crippen LogP contribution is -1.99. The molecule has 0 atom stereocenters. The molecule has 0 radical (unpaired) electrons. The van der Waals surface area contributed by atoms with Gasteiger partial charge in [0.05, 0.1) is 5.71 Å². The highest BCUT2D eigenvalue weighted by Crippen LogP contribution is 2.34. The van der Waals surface area contributed by atoms with Crippen molar-refractivity contribution >= 4 is 5.71 Å². The van der Waals surface area contributed by atoms with E-state index in [1.54, 1.807) is 11.8 Å². The van der Waals surface area contributed by atoms with Crippen molar-refractivity contribution < 1.29 is 0 Å². The number of allylic oxidation sites excluding steroid dienone is 10. The highest BCUT2D eigenvalue weighted by molar-refractivity contribution is 6.08. The van der Waals surface area contributed by atoms with Gasteiger partial charge in [0.25, 0.3) is 0 Å². The topological polar surface area (TPSA) is 12.4 Å². The zero-order chi connectivity index (χ0) is 16.7. The van der Waals surface area contributed by atoms with Crippen molar-refractivity contribution in [3.05, 3.63) is 84.2 Å². The molecule has 0 saturated heterocycles. The molecule has 0 N–H and O–H groups in total. The lowest BCUT2D eigenvalue weighted by molar-refractivity contribution is 0.886. The summed E-state index contributed by atoms with van der Waals surface area (Å²) < 4.78 is 0. The first kappa shape index (κ1) is 17.2. The quantitative estimate of drug-likeness (QED) is 0.482. The molecule has 1 nitrogen and oxygen atoms in total. The van der Waals surface area contributed by atoms with Gasteiger partial charge in [0.2, 0.25) is 0 Å². The molecule has 0 aromatic carbocycles. The molecule has 2 aliphatic carbocycles. The molecule has 0 aromatic rings. The lowest BCUT2D eigenvalue weighted by Gasteiger charge is -2.10. The molecule has 0 saturated carbocycles. The third kappa shape index (κ3) is 4.66. The van der Waals surface area contributed by atoms with E-state index in [4.69, 9.17) is 0 Å². The summed E-state index contributed by atoms with van der Waals surface area (Å²) in [6.07, 6.45) is 19.1. The standard InChI is InChI=1S/C22H27N/c1-5-9-22(23-6-2)18(4)15-14-17(3)20-12-7-10-19-11-8-13-21(19)16-20/h5-7,9,12,16H,2-4,8,10-11,13-15H2,1H3/b9-5-,23-22+. The maximum atomic E-state index is 4.30. The van der Waals surface area contributed by atoms with Crippen LogP contribution in [-0.4, -0.2) is 5.71 Å². The Kier molecular flexibility index (Phi) is 6.34. The SMILES string of the molecule is C=C/N=C(\C=C/C)C(=C)CCC(=C)C1=CC2=C(CC=C1)CCC2. The van der Waals surface area contributed by atoms with Gasteiger partial charge in [0.1, 0.15) is 0 Å². The summed E-state index contributed by atoms with van der Waals surface area (Å²) in [6, 6.07) is 0. The zero-order valence-corrected chi connectivity index (χ0v) is 14.3. The van der Waals surface area contributed by atoms with E-state index in [1.807, 2.05) is 19.1 Å². The number of rotatable bonds is 7. The first-order chi connectivity index (χ1) is 11.2. The first-order valence-electron chi connectivity index (χ1n) is 8.42. The van der Waals surface area contributed by atoms with Gasteiger partial charge in [-0.3, -0.25) is 4.99 Å². The summed E-state index contributed by atoms with van der Waals surface area (Å²) in [5.74, 6) is 0. The van der Waals surface area contributed by atoms with Crippen LogP contribution in [0.4, 0.5) is 0 Å². The van der Waals surface area contributed by atoms with Crippen molar-refractivity contribution in [1.29, 1.82) is 0 Å². The summed E-state index contributed by atoms with van der Waals surface area (Å²) in [6.45, 7) is 14.1. The molecule has 2 aliphatic rings. The average Bonchev–Trinajstić information content (AvgIpc) is 2.89. The Balaban J connectivity index is 2.01. The Bertz CT molecular complexity index is 647. The molecule has 23 heavy (non-hydrogen) atoms. The van der Waals surface area contributed by atoms with E-state index in [2.05, 4.69) is 43.0 Å². The van der Waals surface area contributed by atoms with Crippen molar-refractivity contribution in [1.82, 2.24) is 0 Å². The van der Waals surface area contributed by atoms with Crippen LogP contribution in [0.1, 0.15) is 45.4 Å². The van der Waals surface area contributed by atoms with Crippen LogP contribution in [0.2, 0.25) is 0 Å². The van der Waals surface area contributed by atoms with E-state index >= 15 is 0 Å². The zero-order valence-electron chi connectivity index (χ0n) is 14.3. The van der Waals surface area contributed by atoms with Crippen LogP contribution in [0, 0.1) is 0 Å². The van der Waals surface area contributed by atoms with Gasteiger partial charge in [-0.15, -0.1) is 0 Å². The summed E-state index contributed by atoms with van der Waals surface area (Å²) in [5.41, 5.74) is 7.54. The van der Waals surface area contributed by atoms with E-state index in [9.17, 15) is 0 Å². The third-order valence-corrected chi connectivity index (χ3v) is 4.42. The number of hydrogen-bond acceptors (Lipinski definition) is 1. The van der Waals surface area contributed by atoms with Crippen LogP contribution < -0.4 is 0 Å². The van der Waals surface area contributed by atoms with Crippen molar-refractivity contribution in [3.63, 3.8) is 0 Å². The first-order valence-corrected chi connectivity index (χ1v) is 8.42. The summed E-state index contributed by atoms with van der Waals surface area (Å²) >= 11 is 0. The highest BCUT2D eigenvalue weighted by Gasteiger charge is 2.15. The normalized spacial score (nSPS) is 18.0. The van der Waals surface area contributed by atoms with E-state index in [0.717, 1.165) is 30.5 Å². The molecule has 120 valence electrons. The Labute approximate surface area is 140 Å². The molecule has 1 heteroatoms. The molecule has 2 rings (SSSR count). The van der Waals surface area contributed by atoms with Gasteiger partial charge in [-0.25, -0.2) is 0 Å². The monoisotopic (exact) mass is 305 g/mol.